The van der Waals surface area contributed by atoms with E-state index < -0.39 is 0 Å². The molecule has 0 N–H and O–H groups in total. The summed E-state index contributed by atoms with van der Waals surface area (Å²) in [7, 11) is 1.62. The molecule has 0 saturated carbocycles. The lowest BCUT2D eigenvalue weighted by Gasteiger charge is -2.28. The van der Waals surface area contributed by atoms with Crippen molar-refractivity contribution in [2.24, 2.45) is 5.41 Å². The number of ether oxygens (including phenoxy) is 2. The van der Waals surface area contributed by atoms with E-state index in [2.05, 4.69) is 0 Å². The summed E-state index contributed by atoms with van der Waals surface area (Å²) >= 11 is 0. The number of carbonyl (C=O) groups excluding carboxylic acids is 2. The van der Waals surface area contributed by atoms with Gasteiger partial charge in [0.25, 0.3) is 5.91 Å². The molecule has 1 aliphatic rings. The second-order valence-electron chi connectivity index (χ2n) is 7.41. The van der Waals surface area contributed by atoms with E-state index in [4.69, 9.17) is 9.47 Å². The molecule has 24 heavy (non-hydrogen) atoms. The molecule has 0 fully saturated rings. The van der Waals surface area contributed by atoms with Gasteiger partial charge in [0, 0.05) is 32.9 Å². The van der Waals surface area contributed by atoms with Gasteiger partial charge in [-0.05, 0) is 24.8 Å². The summed E-state index contributed by atoms with van der Waals surface area (Å²) in [6.45, 7) is 12.1. The molecule has 1 aromatic rings. The molecule has 0 saturated heterocycles. The average Bonchev–Trinajstić information content (AvgIpc) is 2.83. The van der Waals surface area contributed by atoms with Gasteiger partial charge in [-0.3, -0.25) is 4.79 Å². The zero-order valence-electron chi connectivity index (χ0n) is 15.5. The van der Waals surface area contributed by atoms with Crippen LogP contribution in [0.5, 0.6) is 0 Å². The van der Waals surface area contributed by atoms with Gasteiger partial charge in [0.2, 0.25) is 0 Å². The van der Waals surface area contributed by atoms with Gasteiger partial charge in [-0.25, -0.2) is 4.79 Å². The Morgan fingerprint density at radius 1 is 1.33 bits per heavy atom. The van der Waals surface area contributed by atoms with Crippen molar-refractivity contribution in [2.45, 2.75) is 47.3 Å². The molecule has 0 aliphatic carbocycles. The highest BCUT2D eigenvalue weighted by Crippen LogP contribution is 2.26. The van der Waals surface area contributed by atoms with Crippen LogP contribution in [-0.2, 0) is 16.0 Å². The molecule has 0 bridgehead atoms. The normalized spacial score (nSPS) is 16.1. The SMILES string of the molecule is COCCN1CCn2cc(C(=O)OC(C)C(C)(C)C)c(C)c2C1=O. The van der Waals surface area contributed by atoms with E-state index in [-0.39, 0.29) is 23.4 Å². The fourth-order valence-corrected chi connectivity index (χ4v) is 2.62. The third kappa shape index (κ3) is 3.64. The molecule has 0 aromatic carbocycles. The maximum absolute atomic E-state index is 12.7. The molecule has 1 aromatic heterocycles. The Morgan fingerprint density at radius 3 is 2.58 bits per heavy atom. The summed E-state index contributed by atoms with van der Waals surface area (Å²) in [6, 6.07) is 0. The van der Waals surface area contributed by atoms with Crippen molar-refractivity contribution in [3.05, 3.63) is 23.0 Å². The highest BCUT2D eigenvalue weighted by molar-refractivity contribution is 6.00. The molecule has 134 valence electrons. The Balaban J connectivity index is 2.22. The van der Waals surface area contributed by atoms with Crippen LogP contribution in [0.1, 0.15) is 54.1 Å². The lowest BCUT2D eigenvalue weighted by molar-refractivity contribution is 0.00472. The van der Waals surface area contributed by atoms with Crippen LogP contribution in [0.15, 0.2) is 6.20 Å². The lowest BCUT2D eigenvalue weighted by Crippen LogP contribution is -2.41. The monoisotopic (exact) mass is 336 g/mol. The number of fused-ring (bicyclic) bond motifs is 1. The first-order valence-electron chi connectivity index (χ1n) is 8.35. The minimum Gasteiger partial charge on any atom is -0.458 e. The molecule has 0 spiro atoms. The van der Waals surface area contributed by atoms with Crippen LogP contribution in [0, 0.1) is 12.3 Å². The van der Waals surface area contributed by atoms with Crippen LogP contribution < -0.4 is 0 Å². The van der Waals surface area contributed by atoms with Crippen molar-refractivity contribution in [3.63, 3.8) is 0 Å². The van der Waals surface area contributed by atoms with Gasteiger partial charge in [-0.2, -0.15) is 0 Å². The molecule has 1 aliphatic heterocycles. The highest BCUT2D eigenvalue weighted by Gasteiger charge is 2.31. The van der Waals surface area contributed by atoms with Crippen LogP contribution in [0.4, 0.5) is 0 Å². The number of nitrogens with zero attached hydrogens (tertiary/aromatic N) is 2. The van der Waals surface area contributed by atoms with Crippen LogP contribution in [0.2, 0.25) is 0 Å². The number of hydrogen-bond acceptors (Lipinski definition) is 4. The third-order valence-electron chi connectivity index (χ3n) is 4.72. The number of amides is 1. The van der Waals surface area contributed by atoms with Crippen LogP contribution in [0.25, 0.3) is 0 Å². The first-order valence-corrected chi connectivity index (χ1v) is 8.35. The Kier molecular flexibility index (Phi) is 5.38. The second-order valence-corrected chi connectivity index (χ2v) is 7.41. The summed E-state index contributed by atoms with van der Waals surface area (Å²) in [5, 5.41) is 0. The molecule has 1 amide bonds. The van der Waals surface area contributed by atoms with Gasteiger partial charge in [0.05, 0.1) is 12.2 Å². The van der Waals surface area contributed by atoms with Gasteiger partial charge >= 0.3 is 5.97 Å². The van der Waals surface area contributed by atoms with Gasteiger partial charge in [-0.15, -0.1) is 0 Å². The average molecular weight is 336 g/mol. The standard InChI is InChI=1S/C18H28N2O4/c1-12-14(17(22)24-13(2)18(3,4)5)11-20-8-7-19(9-10-23-6)16(21)15(12)20/h11,13H,7-10H2,1-6H3. The van der Waals surface area contributed by atoms with Crippen molar-refractivity contribution >= 4 is 11.9 Å². The van der Waals surface area contributed by atoms with Crippen LogP contribution >= 0.6 is 0 Å². The molecule has 0 radical (unpaired) electrons. The summed E-state index contributed by atoms with van der Waals surface area (Å²) in [6.07, 6.45) is 1.53. The minimum absolute atomic E-state index is 0.0567. The number of carbonyl (C=O) groups is 2. The van der Waals surface area contributed by atoms with E-state index in [0.717, 1.165) is 0 Å². The van der Waals surface area contributed by atoms with Crippen molar-refractivity contribution in [1.29, 1.82) is 0 Å². The van der Waals surface area contributed by atoms with E-state index in [1.807, 2.05) is 39.2 Å². The number of aromatic nitrogens is 1. The molecule has 1 unspecified atom stereocenters. The van der Waals surface area contributed by atoms with Gasteiger partial charge < -0.3 is 18.9 Å². The predicted octanol–water partition coefficient (Wildman–Crippen LogP) is 2.49. The third-order valence-corrected chi connectivity index (χ3v) is 4.72. The van der Waals surface area contributed by atoms with E-state index >= 15 is 0 Å². The number of esters is 1. The van der Waals surface area contributed by atoms with Gasteiger partial charge in [0.1, 0.15) is 11.8 Å². The molecular weight excluding hydrogens is 308 g/mol. The molecule has 2 rings (SSSR count). The summed E-state index contributed by atoms with van der Waals surface area (Å²) < 4.78 is 12.5. The van der Waals surface area contributed by atoms with Crippen LogP contribution in [0.3, 0.4) is 0 Å². The predicted molar refractivity (Wildman–Crippen MR) is 91.3 cm³/mol. The van der Waals surface area contributed by atoms with E-state index in [0.29, 0.717) is 43.1 Å². The largest absolute Gasteiger partial charge is 0.458 e. The fraction of sp³-hybridized carbons (Fsp3) is 0.667. The summed E-state index contributed by atoms with van der Waals surface area (Å²) in [4.78, 5) is 26.9. The number of rotatable bonds is 5. The smallest absolute Gasteiger partial charge is 0.340 e. The van der Waals surface area contributed by atoms with E-state index in [9.17, 15) is 9.59 Å². The highest BCUT2D eigenvalue weighted by atomic mass is 16.5. The zero-order chi connectivity index (χ0) is 18.1. The zero-order valence-corrected chi connectivity index (χ0v) is 15.5. The minimum atomic E-state index is -0.368. The fourth-order valence-electron chi connectivity index (χ4n) is 2.62. The molecule has 1 atom stereocenters. The Bertz CT molecular complexity index is 628. The summed E-state index contributed by atoms with van der Waals surface area (Å²) in [5.74, 6) is -0.424. The molecule has 6 nitrogen and oxygen atoms in total. The molecule has 2 heterocycles. The van der Waals surface area contributed by atoms with E-state index in [1.54, 1.807) is 18.2 Å². The van der Waals surface area contributed by atoms with Gasteiger partial charge in [-0.1, -0.05) is 20.8 Å². The maximum Gasteiger partial charge on any atom is 0.340 e. The Hall–Kier alpha value is -1.82. The van der Waals surface area contributed by atoms with Crippen molar-refractivity contribution in [3.8, 4) is 0 Å². The molecular formula is C18H28N2O4. The topological polar surface area (TPSA) is 60.8 Å². The first kappa shape index (κ1) is 18.5. The first-order chi connectivity index (χ1) is 11.2. The summed E-state index contributed by atoms with van der Waals surface area (Å²) in [5.41, 5.74) is 1.61. The second kappa shape index (κ2) is 6.97. The van der Waals surface area contributed by atoms with Crippen molar-refractivity contribution < 1.29 is 19.1 Å². The maximum atomic E-state index is 12.7. The number of methoxy groups -OCH3 is 1. The van der Waals surface area contributed by atoms with E-state index in [1.165, 1.54) is 0 Å². The van der Waals surface area contributed by atoms with Crippen LogP contribution in [-0.4, -0.2) is 54.3 Å². The quantitative estimate of drug-likeness (QED) is 0.775. The number of hydrogen-bond donors (Lipinski definition) is 0. The van der Waals surface area contributed by atoms with Crippen molar-refractivity contribution in [1.82, 2.24) is 9.47 Å². The Morgan fingerprint density at radius 2 is 2.00 bits per heavy atom. The molecule has 6 heteroatoms. The Labute approximate surface area is 143 Å². The van der Waals surface area contributed by atoms with Gasteiger partial charge in [0.15, 0.2) is 0 Å². The van der Waals surface area contributed by atoms with Crippen molar-refractivity contribution in [2.75, 3.05) is 26.8 Å². The lowest BCUT2D eigenvalue weighted by atomic mass is 9.90.